The van der Waals surface area contributed by atoms with Crippen LogP contribution < -0.4 is 4.90 Å². The van der Waals surface area contributed by atoms with Crippen molar-refractivity contribution in [1.29, 1.82) is 0 Å². The van der Waals surface area contributed by atoms with Gasteiger partial charge >= 0.3 is 0 Å². The molecule has 6 nitrogen and oxygen atoms in total. The van der Waals surface area contributed by atoms with Crippen LogP contribution in [0.3, 0.4) is 0 Å². The quantitative estimate of drug-likeness (QED) is 0.379. The van der Waals surface area contributed by atoms with E-state index in [4.69, 9.17) is 25.7 Å². The molecule has 0 spiro atoms. The molecule has 2 aromatic heterocycles. The number of aromatic nitrogens is 1. The molecule has 5 rings (SSSR count). The van der Waals surface area contributed by atoms with E-state index in [1.165, 1.54) is 11.3 Å². The topological polar surface area (TPSA) is 58.8 Å². The number of hydrogen-bond acceptors (Lipinski definition) is 6. The number of carbonyl (C=O) groups is 1. The zero-order valence-corrected chi connectivity index (χ0v) is 19.4. The molecule has 0 saturated carbocycles. The minimum absolute atomic E-state index is 0.175. The summed E-state index contributed by atoms with van der Waals surface area (Å²) < 4.78 is 12.3. The first-order valence-corrected chi connectivity index (χ1v) is 12.0. The van der Waals surface area contributed by atoms with Crippen LogP contribution in [-0.4, -0.2) is 55.2 Å². The number of rotatable bonds is 6. The number of furan rings is 1. The number of halogens is 1. The molecule has 2 aromatic carbocycles. The Morgan fingerprint density at radius 1 is 1.22 bits per heavy atom. The van der Waals surface area contributed by atoms with E-state index in [0.29, 0.717) is 28.0 Å². The van der Waals surface area contributed by atoms with Crippen molar-refractivity contribution < 1.29 is 13.9 Å². The van der Waals surface area contributed by atoms with E-state index < -0.39 is 0 Å². The molecule has 0 N–H and O–H groups in total. The van der Waals surface area contributed by atoms with Gasteiger partial charge in [0.05, 0.1) is 23.4 Å². The third kappa shape index (κ3) is 4.26. The Balaban J connectivity index is 1.45. The van der Waals surface area contributed by atoms with Crippen LogP contribution >= 0.6 is 22.9 Å². The van der Waals surface area contributed by atoms with Crippen LogP contribution in [0.15, 0.2) is 46.9 Å². The highest BCUT2D eigenvalue weighted by atomic mass is 35.5. The van der Waals surface area contributed by atoms with Crippen molar-refractivity contribution in [2.75, 3.05) is 44.3 Å². The fourth-order valence-corrected chi connectivity index (χ4v) is 5.19. The van der Waals surface area contributed by atoms with Gasteiger partial charge in [0, 0.05) is 36.6 Å². The predicted octanol–water partition coefficient (Wildman–Crippen LogP) is 5.37. The van der Waals surface area contributed by atoms with Gasteiger partial charge in [-0.05, 0) is 43.2 Å². The van der Waals surface area contributed by atoms with Gasteiger partial charge in [-0.3, -0.25) is 14.6 Å². The molecule has 1 saturated heterocycles. The number of nitrogens with zero attached hydrogens (tertiary/aromatic N) is 3. The Bertz CT molecular complexity index is 1230. The van der Waals surface area contributed by atoms with E-state index in [-0.39, 0.29) is 5.91 Å². The third-order valence-corrected chi connectivity index (χ3v) is 7.26. The van der Waals surface area contributed by atoms with Crippen molar-refractivity contribution in [1.82, 2.24) is 9.88 Å². The summed E-state index contributed by atoms with van der Waals surface area (Å²) in [6.07, 6.45) is 0.835. The molecule has 32 heavy (non-hydrogen) atoms. The van der Waals surface area contributed by atoms with Crippen molar-refractivity contribution in [3.8, 4) is 0 Å². The van der Waals surface area contributed by atoms with Crippen LogP contribution in [0.25, 0.3) is 21.2 Å². The van der Waals surface area contributed by atoms with Crippen molar-refractivity contribution in [3.63, 3.8) is 0 Å². The van der Waals surface area contributed by atoms with E-state index in [1.54, 1.807) is 4.90 Å². The Hall–Kier alpha value is -2.45. The molecule has 1 fully saturated rings. The highest BCUT2D eigenvalue weighted by Gasteiger charge is 2.25. The van der Waals surface area contributed by atoms with Gasteiger partial charge in [-0.25, -0.2) is 4.98 Å². The molecule has 1 aliphatic rings. The first-order valence-electron chi connectivity index (χ1n) is 10.8. The summed E-state index contributed by atoms with van der Waals surface area (Å²) in [5, 5.41) is 2.26. The van der Waals surface area contributed by atoms with Gasteiger partial charge in [-0.1, -0.05) is 41.1 Å². The maximum absolute atomic E-state index is 13.6. The summed E-state index contributed by atoms with van der Waals surface area (Å²) >= 11 is 7.81. The summed E-state index contributed by atoms with van der Waals surface area (Å²) in [6.45, 7) is 6.80. The number of anilines is 1. The monoisotopic (exact) mass is 469 g/mol. The minimum atomic E-state index is -0.175. The summed E-state index contributed by atoms with van der Waals surface area (Å²) in [6, 6.07) is 13.3. The lowest BCUT2D eigenvalue weighted by molar-refractivity contribution is 0.0376. The van der Waals surface area contributed by atoms with Crippen LogP contribution in [0.5, 0.6) is 0 Å². The van der Waals surface area contributed by atoms with Gasteiger partial charge in [0.2, 0.25) is 0 Å². The van der Waals surface area contributed by atoms with Crippen LogP contribution in [0.1, 0.15) is 22.5 Å². The number of amides is 1. The lowest BCUT2D eigenvalue weighted by Gasteiger charge is -2.27. The van der Waals surface area contributed by atoms with Gasteiger partial charge in [-0.2, -0.15) is 0 Å². The van der Waals surface area contributed by atoms with Crippen molar-refractivity contribution in [3.05, 3.63) is 58.8 Å². The van der Waals surface area contributed by atoms with Crippen LogP contribution in [0, 0.1) is 6.92 Å². The van der Waals surface area contributed by atoms with E-state index in [9.17, 15) is 4.79 Å². The molecule has 8 heteroatoms. The first-order chi connectivity index (χ1) is 15.6. The molecular weight excluding hydrogens is 446 g/mol. The molecule has 0 radical (unpaired) electrons. The minimum Gasteiger partial charge on any atom is -0.451 e. The van der Waals surface area contributed by atoms with Gasteiger partial charge in [0.1, 0.15) is 5.58 Å². The number of ether oxygens (including phenoxy) is 1. The second-order valence-electron chi connectivity index (χ2n) is 7.93. The molecule has 4 aromatic rings. The zero-order chi connectivity index (χ0) is 22.1. The van der Waals surface area contributed by atoms with E-state index >= 15 is 0 Å². The zero-order valence-electron chi connectivity index (χ0n) is 17.8. The van der Waals surface area contributed by atoms with Crippen molar-refractivity contribution >= 4 is 55.2 Å². The predicted molar refractivity (Wildman–Crippen MR) is 129 cm³/mol. The number of fused-ring (bicyclic) bond motifs is 2. The molecule has 0 unspecified atom stereocenters. The standard InChI is InChI=1S/C24H24ClN3O3S/c1-16-18(25)7-8-21-22(16)26-24(32-21)28(10-4-9-27-11-13-30-14-12-27)23(29)20-15-17-5-2-3-6-19(17)31-20/h2-3,5-8,15H,4,9-14H2,1H3. The van der Waals surface area contributed by atoms with Crippen LogP contribution in [0.4, 0.5) is 5.13 Å². The molecule has 0 bridgehead atoms. The summed E-state index contributed by atoms with van der Waals surface area (Å²) in [7, 11) is 0. The van der Waals surface area contributed by atoms with Gasteiger partial charge in [0.25, 0.3) is 5.91 Å². The Kier molecular flexibility index (Phi) is 6.15. The van der Waals surface area contributed by atoms with Gasteiger partial charge in [0.15, 0.2) is 10.9 Å². The maximum atomic E-state index is 13.6. The number of hydrogen-bond donors (Lipinski definition) is 0. The molecule has 0 atom stereocenters. The number of thiazole rings is 1. The fraction of sp³-hybridized carbons (Fsp3) is 0.333. The SMILES string of the molecule is Cc1c(Cl)ccc2sc(N(CCCN3CCOCC3)C(=O)c3cc4ccccc4o3)nc12. The van der Waals surface area contributed by atoms with Crippen molar-refractivity contribution in [2.45, 2.75) is 13.3 Å². The molecule has 166 valence electrons. The highest BCUT2D eigenvalue weighted by molar-refractivity contribution is 7.22. The molecular formula is C24H24ClN3O3S. The molecule has 3 heterocycles. The van der Waals surface area contributed by atoms with Gasteiger partial charge < -0.3 is 9.15 Å². The first kappa shape index (κ1) is 21.4. The highest BCUT2D eigenvalue weighted by Crippen LogP contribution is 2.34. The fourth-order valence-electron chi connectivity index (χ4n) is 3.99. The van der Waals surface area contributed by atoms with E-state index in [2.05, 4.69) is 4.90 Å². The summed E-state index contributed by atoms with van der Waals surface area (Å²) in [4.78, 5) is 22.5. The van der Waals surface area contributed by atoms with Crippen molar-refractivity contribution in [2.24, 2.45) is 0 Å². The summed E-state index contributed by atoms with van der Waals surface area (Å²) in [5.74, 6) is 0.151. The number of benzene rings is 2. The van der Waals surface area contributed by atoms with Crippen LogP contribution in [0.2, 0.25) is 5.02 Å². The van der Waals surface area contributed by atoms with E-state index in [0.717, 1.165) is 60.4 Å². The Labute approximate surface area is 195 Å². The lowest BCUT2D eigenvalue weighted by Crippen LogP contribution is -2.39. The third-order valence-electron chi connectivity index (χ3n) is 5.81. The maximum Gasteiger partial charge on any atom is 0.295 e. The normalized spacial score (nSPS) is 14.9. The smallest absolute Gasteiger partial charge is 0.295 e. The molecule has 0 aliphatic carbocycles. The molecule has 1 amide bonds. The number of morpholine rings is 1. The second kappa shape index (κ2) is 9.19. The molecule has 1 aliphatic heterocycles. The summed E-state index contributed by atoms with van der Waals surface area (Å²) in [5.41, 5.74) is 2.47. The Morgan fingerprint density at radius 2 is 2.03 bits per heavy atom. The van der Waals surface area contributed by atoms with E-state index in [1.807, 2.05) is 49.4 Å². The van der Waals surface area contributed by atoms with Crippen LogP contribution in [-0.2, 0) is 4.74 Å². The number of para-hydroxylation sites is 1. The average Bonchev–Trinajstić information content (AvgIpc) is 3.44. The average molecular weight is 470 g/mol. The van der Waals surface area contributed by atoms with Gasteiger partial charge in [-0.15, -0.1) is 0 Å². The largest absolute Gasteiger partial charge is 0.451 e. The number of aryl methyl sites for hydroxylation is 1. The lowest BCUT2D eigenvalue weighted by atomic mass is 10.2. The Morgan fingerprint density at radius 3 is 2.84 bits per heavy atom. The number of carbonyl (C=O) groups excluding carboxylic acids is 1. The second-order valence-corrected chi connectivity index (χ2v) is 9.34.